The predicted octanol–water partition coefficient (Wildman–Crippen LogP) is 5.10. The lowest BCUT2D eigenvalue weighted by atomic mass is 10.2. The molecule has 0 spiro atoms. The van der Waals surface area contributed by atoms with E-state index in [2.05, 4.69) is 0 Å². The van der Waals surface area contributed by atoms with Crippen molar-refractivity contribution in [2.75, 3.05) is 0 Å². The molecule has 0 amide bonds. The fraction of sp³-hybridized carbons (Fsp3) is 0.0769. The summed E-state index contributed by atoms with van der Waals surface area (Å²) in [5.41, 5.74) is 0.422. The largest absolute Gasteiger partial charge is 0.270 e. The Morgan fingerprint density at radius 1 is 0.909 bits per heavy atom. The standard InChI is InChI=1S/C13H8Cl2N2O4S/c14-11-3-1-9(16(18)19)5-8(11)7-22-13-6-10(17(20)21)2-4-12(13)15/h1-6H,7H2. The molecule has 0 atom stereocenters. The number of hydrogen-bond donors (Lipinski definition) is 0. The van der Waals surface area contributed by atoms with Crippen LogP contribution < -0.4 is 0 Å². The second-order valence-corrected chi connectivity index (χ2v) is 6.02. The molecule has 0 aliphatic rings. The molecule has 2 aromatic rings. The van der Waals surface area contributed by atoms with Gasteiger partial charge in [-0.1, -0.05) is 23.2 Å². The van der Waals surface area contributed by atoms with Crippen molar-refractivity contribution in [3.05, 3.63) is 72.2 Å². The summed E-state index contributed by atoms with van der Waals surface area (Å²) >= 11 is 13.2. The summed E-state index contributed by atoms with van der Waals surface area (Å²) in [4.78, 5) is 21.0. The van der Waals surface area contributed by atoms with Crippen molar-refractivity contribution in [2.24, 2.45) is 0 Å². The van der Waals surface area contributed by atoms with Crippen molar-refractivity contribution < 1.29 is 9.85 Å². The summed E-state index contributed by atoms with van der Waals surface area (Å²) in [6.07, 6.45) is 0. The first-order chi connectivity index (χ1) is 10.4. The van der Waals surface area contributed by atoms with Crippen LogP contribution in [0.2, 0.25) is 10.0 Å². The Balaban J connectivity index is 2.23. The lowest BCUT2D eigenvalue weighted by Crippen LogP contribution is -1.91. The van der Waals surface area contributed by atoms with Crippen molar-refractivity contribution in [3.8, 4) is 0 Å². The Kier molecular flexibility index (Phi) is 5.23. The Labute approximate surface area is 139 Å². The SMILES string of the molecule is O=[N+]([O-])c1ccc(Cl)c(CSc2cc([N+](=O)[O-])ccc2Cl)c1. The molecule has 0 unspecified atom stereocenters. The number of non-ortho nitro benzene ring substituents is 2. The Morgan fingerprint density at radius 2 is 1.45 bits per heavy atom. The third kappa shape index (κ3) is 3.88. The van der Waals surface area contributed by atoms with E-state index < -0.39 is 9.85 Å². The average Bonchev–Trinajstić information content (AvgIpc) is 2.47. The maximum Gasteiger partial charge on any atom is 0.270 e. The van der Waals surface area contributed by atoms with Crippen molar-refractivity contribution >= 4 is 46.3 Å². The van der Waals surface area contributed by atoms with Crippen LogP contribution in [0.5, 0.6) is 0 Å². The zero-order chi connectivity index (χ0) is 16.3. The van der Waals surface area contributed by atoms with Gasteiger partial charge < -0.3 is 0 Å². The average molecular weight is 359 g/mol. The summed E-state index contributed by atoms with van der Waals surface area (Å²) in [6.45, 7) is 0. The molecular formula is C13H8Cl2N2O4S. The van der Waals surface area contributed by atoms with Crippen LogP contribution in [-0.4, -0.2) is 9.85 Å². The van der Waals surface area contributed by atoms with Crippen LogP contribution in [-0.2, 0) is 5.75 Å². The highest BCUT2D eigenvalue weighted by Crippen LogP contribution is 2.35. The predicted molar refractivity (Wildman–Crippen MR) is 85.8 cm³/mol. The molecule has 9 heteroatoms. The maximum atomic E-state index is 10.8. The van der Waals surface area contributed by atoms with Gasteiger partial charge >= 0.3 is 0 Å². The summed E-state index contributed by atoms with van der Waals surface area (Å²) in [7, 11) is 0. The van der Waals surface area contributed by atoms with Crippen LogP contribution in [0.1, 0.15) is 5.56 Å². The molecule has 2 rings (SSSR count). The molecule has 0 radical (unpaired) electrons. The number of nitrogens with zero attached hydrogens (tertiary/aromatic N) is 2. The first kappa shape index (κ1) is 16.5. The minimum Gasteiger partial charge on any atom is -0.258 e. The topological polar surface area (TPSA) is 86.3 Å². The lowest BCUT2D eigenvalue weighted by molar-refractivity contribution is -0.385. The highest BCUT2D eigenvalue weighted by molar-refractivity contribution is 7.98. The molecule has 0 heterocycles. The lowest BCUT2D eigenvalue weighted by Gasteiger charge is -2.06. The molecule has 0 N–H and O–H groups in total. The molecule has 0 saturated carbocycles. The van der Waals surface area contributed by atoms with Crippen LogP contribution in [0.15, 0.2) is 41.3 Å². The van der Waals surface area contributed by atoms with Gasteiger partial charge in [0.05, 0.1) is 14.9 Å². The minimum absolute atomic E-state index is 0.0647. The number of hydrogen-bond acceptors (Lipinski definition) is 5. The molecule has 0 saturated heterocycles. The monoisotopic (exact) mass is 358 g/mol. The molecular weight excluding hydrogens is 351 g/mol. The van der Waals surface area contributed by atoms with Gasteiger partial charge in [-0.3, -0.25) is 20.2 Å². The molecule has 2 aromatic carbocycles. The smallest absolute Gasteiger partial charge is 0.258 e. The number of nitro benzene ring substituents is 2. The highest BCUT2D eigenvalue weighted by Gasteiger charge is 2.13. The highest BCUT2D eigenvalue weighted by atomic mass is 35.5. The Hall–Kier alpha value is -1.83. The second kappa shape index (κ2) is 6.95. The van der Waals surface area contributed by atoms with Gasteiger partial charge in [0.15, 0.2) is 0 Å². The fourth-order valence-corrected chi connectivity index (χ4v) is 3.16. The van der Waals surface area contributed by atoms with Crippen molar-refractivity contribution in [3.63, 3.8) is 0 Å². The summed E-state index contributed by atoms with van der Waals surface area (Å²) in [5.74, 6) is 0.307. The van der Waals surface area contributed by atoms with Gasteiger partial charge in [0.25, 0.3) is 11.4 Å². The first-order valence-corrected chi connectivity index (χ1v) is 7.62. The summed E-state index contributed by atoms with van der Waals surface area (Å²) in [6, 6.07) is 8.25. The molecule has 0 aromatic heterocycles. The van der Waals surface area contributed by atoms with Gasteiger partial charge in [0.1, 0.15) is 0 Å². The van der Waals surface area contributed by atoms with E-state index in [1.54, 1.807) is 0 Å². The van der Waals surface area contributed by atoms with E-state index in [1.807, 2.05) is 0 Å². The third-order valence-corrected chi connectivity index (χ3v) is 4.66. The molecule has 22 heavy (non-hydrogen) atoms. The molecule has 0 bridgehead atoms. The number of rotatable bonds is 5. The van der Waals surface area contributed by atoms with Gasteiger partial charge in [-0.25, -0.2) is 0 Å². The van der Waals surface area contributed by atoms with Gasteiger partial charge in [-0.15, -0.1) is 11.8 Å². The van der Waals surface area contributed by atoms with Crippen LogP contribution in [0.3, 0.4) is 0 Å². The summed E-state index contributed by atoms with van der Waals surface area (Å²) < 4.78 is 0. The quantitative estimate of drug-likeness (QED) is 0.421. The van der Waals surface area contributed by atoms with E-state index in [-0.39, 0.29) is 11.4 Å². The minimum atomic E-state index is -0.513. The van der Waals surface area contributed by atoms with Crippen LogP contribution in [0.4, 0.5) is 11.4 Å². The van der Waals surface area contributed by atoms with E-state index in [0.29, 0.717) is 26.3 Å². The van der Waals surface area contributed by atoms with E-state index in [1.165, 1.54) is 48.2 Å². The van der Waals surface area contributed by atoms with Crippen LogP contribution in [0, 0.1) is 20.2 Å². The van der Waals surface area contributed by atoms with Gasteiger partial charge in [-0.05, 0) is 17.7 Å². The van der Waals surface area contributed by atoms with E-state index in [4.69, 9.17) is 23.2 Å². The zero-order valence-electron chi connectivity index (χ0n) is 10.9. The van der Waals surface area contributed by atoms with Crippen LogP contribution in [0.25, 0.3) is 0 Å². The van der Waals surface area contributed by atoms with E-state index in [0.717, 1.165) is 0 Å². The molecule has 0 aliphatic heterocycles. The zero-order valence-corrected chi connectivity index (χ0v) is 13.2. The van der Waals surface area contributed by atoms with Gasteiger partial charge in [0.2, 0.25) is 0 Å². The third-order valence-electron chi connectivity index (χ3n) is 2.75. The normalized spacial score (nSPS) is 10.5. The van der Waals surface area contributed by atoms with Crippen molar-refractivity contribution in [1.29, 1.82) is 0 Å². The van der Waals surface area contributed by atoms with Crippen LogP contribution >= 0.6 is 35.0 Å². The van der Waals surface area contributed by atoms with E-state index in [9.17, 15) is 20.2 Å². The summed E-state index contributed by atoms with van der Waals surface area (Å²) in [5, 5.41) is 22.3. The molecule has 0 aliphatic carbocycles. The number of halogens is 2. The molecule has 114 valence electrons. The fourth-order valence-electron chi connectivity index (χ4n) is 1.66. The molecule has 0 fully saturated rings. The van der Waals surface area contributed by atoms with Crippen molar-refractivity contribution in [1.82, 2.24) is 0 Å². The number of nitro groups is 2. The van der Waals surface area contributed by atoms with Gasteiger partial charge in [-0.2, -0.15) is 0 Å². The van der Waals surface area contributed by atoms with E-state index >= 15 is 0 Å². The molecule has 6 nitrogen and oxygen atoms in total. The van der Waals surface area contributed by atoms with Gasteiger partial charge in [0, 0.05) is 39.9 Å². The Morgan fingerprint density at radius 3 is 2.05 bits per heavy atom. The number of benzene rings is 2. The number of thioether (sulfide) groups is 1. The second-order valence-electron chi connectivity index (χ2n) is 4.19. The van der Waals surface area contributed by atoms with Crippen molar-refractivity contribution in [2.45, 2.75) is 10.6 Å². The Bertz CT molecular complexity index is 691. The first-order valence-electron chi connectivity index (χ1n) is 5.88. The maximum absolute atomic E-state index is 10.8.